The van der Waals surface area contributed by atoms with Crippen molar-refractivity contribution in [2.75, 3.05) is 5.32 Å². The number of carbonyl (C=O) groups is 2. The molecule has 3 aromatic carbocycles. The topological polar surface area (TPSA) is 79.8 Å². The zero-order valence-corrected chi connectivity index (χ0v) is 16.4. The molecule has 0 unspecified atom stereocenters. The lowest BCUT2D eigenvalue weighted by atomic mass is 10.2. The number of hydrazone groups is 1. The molecular formula is C22H17ClFN3O3. The fraction of sp³-hybridized carbons (Fsp3) is 0.0455. The van der Waals surface area contributed by atoms with E-state index >= 15 is 0 Å². The van der Waals surface area contributed by atoms with Crippen LogP contribution in [0, 0.1) is 5.82 Å². The zero-order chi connectivity index (χ0) is 21.3. The van der Waals surface area contributed by atoms with Crippen molar-refractivity contribution >= 4 is 35.3 Å². The normalized spacial score (nSPS) is 10.6. The molecule has 0 aromatic heterocycles. The molecule has 0 aliphatic heterocycles. The summed E-state index contributed by atoms with van der Waals surface area (Å²) in [5.74, 6) is -1.64. The Kier molecular flexibility index (Phi) is 7.13. The Hall–Kier alpha value is -3.71. The minimum Gasteiger partial charge on any atom is -0.489 e. The van der Waals surface area contributed by atoms with Crippen LogP contribution in [-0.4, -0.2) is 18.0 Å². The van der Waals surface area contributed by atoms with Gasteiger partial charge in [0, 0.05) is 10.7 Å². The Morgan fingerprint density at radius 1 is 1.00 bits per heavy atom. The first-order valence-electron chi connectivity index (χ1n) is 8.87. The van der Waals surface area contributed by atoms with Gasteiger partial charge in [0.15, 0.2) is 0 Å². The second-order valence-electron chi connectivity index (χ2n) is 6.15. The maximum Gasteiger partial charge on any atom is 0.329 e. The van der Waals surface area contributed by atoms with Crippen LogP contribution in [0.25, 0.3) is 0 Å². The van der Waals surface area contributed by atoms with Crippen LogP contribution in [0.4, 0.5) is 10.1 Å². The molecule has 3 rings (SSSR count). The van der Waals surface area contributed by atoms with Gasteiger partial charge in [-0.05, 0) is 71.8 Å². The number of hydrogen-bond donors (Lipinski definition) is 2. The number of amides is 2. The van der Waals surface area contributed by atoms with Gasteiger partial charge in [0.2, 0.25) is 0 Å². The molecule has 0 saturated carbocycles. The Morgan fingerprint density at radius 2 is 1.73 bits per heavy atom. The third-order valence-electron chi connectivity index (χ3n) is 3.86. The van der Waals surface area contributed by atoms with Crippen molar-refractivity contribution in [3.8, 4) is 5.75 Å². The number of benzene rings is 3. The lowest BCUT2D eigenvalue weighted by Crippen LogP contribution is -2.32. The van der Waals surface area contributed by atoms with E-state index in [9.17, 15) is 14.0 Å². The Labute approximate surface area is 177 Å². The summed E-state index contributed by atoms with van der Waals surface area (Å²) in [6, 6.07) is 19.5. The number of anilines is 1. The second-order valence-corrected chi connectivity index (χ2v) is 6.58. The SMILES string of the molecule is O=C(NN=Cc1ccc(OCc2cccc(Cl)c2)cc1)C(=O)Nc1ccc(F)cc1. The Balaban J connectivity index is 1.46. The first kappa shape index (κ1) is 21.0. The summed E-state index contributed by atoms with van der Waals surface area (Å²) >= 11 is 5.95. The summed E-state index contributed by atoms with van der Waals surface area (Å²) in [6.07, 6.45) is 1.39. The first-order chi connectivity index (χ1) is 14.5. The highest BCUT2D eigenvalue weighted by Gasteiger charge is 2.12. The molecule has 0 spiro atoms. The maximum absolute atomic E-state index is 12.8. The molecule has 0 saturated heterocycles. The fourth-order valence-electron chi connectivity index (χ4n) is 2.38. The van der Waals surface area contributed by atoms with Crippen molar-refractivity contribution in [1.82, 2.24) is 5.43 Å². The van der Waals surface area contributed by atoms with Gasteiger partial charge in [-0.15, -0.1) is 0 Å². The predicted molar refractivity (Wildman–Crippen MR) is 113 cm³/mol. The van der Waals surface area contributed by atoms with E-state index < -0.39 is 17.6 Å². The van der Waals surface area contributed by atoms with Gasteiger partial charge in [-0.25, -0.2) is 9.82 Å². The largest absolute Gasteiger partial charge is 0.489 e. The van der Waals surface area contributed by atoms with Gasteiger partial charge in [-0.3, -0.25) is 9.59 Å². The molecule has 0 radical (unpaired) electrons. The number of nitrogens with zero attached hydrogens (tertiary/aromatic N) is 1. The van der Waals surface area contributed by atoms with Crippen LogP contribution in [-0.2, 0) is 16.2 Å². The van der Waals surface area contributed by atoms with Gasteiger partial charge in [-0.1, -0.05) is 23.7 Å². The van der Waals surface area contributed by atoms with Gasteiger partial charge in [0.25, 0.3) is 0 Å². The molecule has 30 heavy (non-hydrogen) atoms. The highest BCUT2D eigenvalue weighted by atomic mass is 35.5. The van der Waals surface area contributed by atoms with E-state index in [0.29, 0.717) is 28.6 Å². The smallest absolute Gasteiger partial charge is 0.329 e. The molecule has 0 fully saturated rings. The summed E-state index contributed by atoms with van der Waals surface area (Å²) in [6.45, 7) is 0.382. The highest BCUT2D eigenvalue weighted by molar-refractivity contribution is 6.39. The van der Waals surface area contributed by atoms with E-state index in [2.05, 4.69) is 15.8 Å². The van der Waals surface area contributed by atoms with Gasteiger partial charge < -0.3 is 10.1 Å². The summed E-state index contributed by atoms with van der Waals surface area (Å²) in [4.78, 5) is 23.5. The molecular weight excluding hydrogens is 409 g/mol. The van der Waals surface area contributed by atoms with E-state index in [4.69, 9.17) is 16.3 Å². The van der Waals surface area contributed by atoms with Crippen molar-refractivity contribution in [2.24, 2.45) is 5.10 Å². The zero-order valence-electron chi connectivity index (χ0n) is 15.6. The van der Waals surface area contributed by atoms with E-state index in [1.165, 1.54) is 30.5 Å². The maximum atomic E-state index is 12.8. The standard InChI is InChI=1S/C22H17ClFN3O3/c23-17-3-1-2-16(12-17)14-30-20-10-4-15(5-11-20)13-25-27-22(29)21(28)26-19-8-6-18(24)7-9-19/h1-13H,14H2,(H,26,28)(H,27,29). The molecule has 2 amide bonds. The van der Waals surface area contributed by atoms with Crippen LogP contribution < -0.4 is 15.5 Å². The predicted octanol–water partition coefficient (Wildman–Crippen LogP) is 4.15. The van der Waals surface area contributed by atoms with Crippen molar-refractivity contribution in [2.45, 2.75) is 6.61 Å². The average molecular weight is 426 g/mol. The minimum absolute atomic E-state index is 0.300. The number of halogens is 2. The molecule has 6 nitrogen and oxygen atoms in total. The molecule has 0 bridgehead atoms. The van der Waals surface area contributed by atoms with Crippen LogP contribution in [0.15, 0.2) is 77.9 Å². The van der Waals surface area contributed by atoms with Crippen molar-refractivity contribution in [3.63, 3.8) is 0 Å². The molecule has 2 N–H and O–H groups in total. The molecule has 8 heteroatoms. The molecule has 3 aromatic rings. The lowest BCUT2D eigenvalue weighted by molar-refractivity contribution is -0.136. The van der Waals surface area contributed by atoms with Crippen molar-refractivity contribution < 1.29 is 18.7 Å². The van der Waals surface area contributed by atoms with E-state index in [1.54, 1.807) is 30.3 Å². The van der Waals surface area contributed by atoms with Gasteiger partial charge in [-0.2, -0.15) is 5.10 Å². The van der Waals surface area contributed by atoms with Gasteiger partial charge in [0.1, 0.15) is 18.2 Å². The summed E-state index contributed by atoms with van der Waals surface area (Å²) in [5, 5.41) is 6.74. The number of ether oxygens (including phenoxy) is 1. The van der Waals surface area contributed by atoms with Gasteiger partial charge in [0.05, 0.1) is 6.21 Å². The van der Waals surface area contributed by atoms with Crippen LogP contribution in [0.3, 0.4) is 0 Å². The highest BCUT2D eigenvalue weighted by Crippen LogP contribution is 2.16. The molecule has 0 aliphatic carbocycles. The van der Waals surface area contributed by atoms with Crippen molar-refractivity contribution in [3.05, 3.63) is 94.8 Å². The number of nitrogens with one attached hydrogen (secondary N) is 2. The molecule has 0 atom stereocenters. The monoisotopic (exact) mass is 425 g/mol. The summed E-state index contributed by atoms with van der Waals surface area (Å²) in [5.41, 5.74) is 4.08. The Morgan fingerprint density at radius 3 is 2.43 bits per heavy atom. The third kappa shape index (κ3) is 6.42. The van der Waals surface area contributed by atoms with Crippen LogP contribution in [0.5, 0.6) is 5.75 Å². The first-order valence-corrected chi connectivity index (χ1v) is 9.25. The number of rotatable bonds is 6. The van der Waals surface area contributed by atoms with Crippen LogP contribution >= 0.6 is 11.6 Å². The average Bonchev–Trinajstić information content (AvgIpc) is 2.75. The van der Waals surface area contributed by atoms with Crippen LogP contribution in [0.1, 0.15) is 11.1 Å². The van der Waals surface area contributed by atoms with Crippen LogP contribution in [0.2, 0.25) is 5.02 Å². The summed E-state index contributed by atoms with van der Waals surface area (Å²) in [7, 11) is 0. The van der Waals surface area contributed by atoms with Gasteiger partial charge >= 0.3 is 11.8 Å². The van der Waals surface area contributed by atoms with Crippen molar-refractivity contribution in [1.29, 1.82) is 0 Å². The van der Waals surface area contributed by atoms with E-state index in [-0.39, 0.29) is 0 Å². The number of hydrogen-bond acceptors (Lipinski definition) is 4. The quantitative estimate of drug-likeness (QED) is 0.354. The summed E-state index contributed by atoms with van der Waals surface area (Å²) < 4.78 is 18.5. The van der Waals surface area contributed by atoms with E-state index in [1.807, 2.05) is 18.2 Å². The second kappa shape index (κ2) is 10.2. The third-order valence-corrected chi connectivity index (χ3v) is 4.10. The fourth-order valence-corrected chi connectivity index (χ4v) is 2.59. The molecule has 0 aliphatic rings. The Bertz CT molecular complexity index is 1050. The lowest BCUT2D eigenvalue weighted by Gasteiger charge is -2.07. The molecule has 0 heterocycles. The van der Waals surface area contributed by atoms with E-state index in [0.717, 1.165) is 5.56 Å². The molecule has 152 valence electrons. The number of carbonyl (C=O) groups excluding carboxylic acids is 2. The minimum atomic E-state index is -0.947.